The van der Waals surface area contributed by atoms with E-state index < -0.39 is 6.23 Å². The molecule has 1 N–H and O–H groups in total. The van der Waals surface area contributed by atoms with Gasteiger partial charge in [0, 0.05) is 29.2 Å². The smallest absolute Gasteiger partial charge is 0.251 e. The van der Waals surface area contributed by atoms with Gasteiger partial charge in [0.05, 0.1) is 5.69 Å². The molecule has 1 saturated heterocycles. The lowest BCUT2D eigenvalue weighted by molar-refractivity contribution is -0.128. The Morgan fingerprint density at radius 1 is 1.05 bits per heavy atom. The molecule has 2 amide bonds. The molecular weight excluding hydrogens is 541 g/mol. The van der Waals surface area contributed by atoms with Gasteiger partial charge in [-0.25, -0.2) is 4.39 Å². The highest BCUT2D eigenvalue weighted by molar-refractivity contribution is 9.10. The molecule has 0 bridgehead atoms. The summed E-state index contributed by atoms with van der Waals surface area (Å²) in [7, 11) is 0. The minimum Gasteiger partial charge on any atom is -0.342 e. The Bertz CT molecular complexity index is 1420. The molecule has 1 aliphatic heterocycles. The number of hydrogen-bond donors (Lipinski definition) is 1. The Morgan fingerprint density at radius 2 is 1.76 bits per heavy atom. The van der Waals surface area contributed by atoms with Crippen molar-refractivity contribution in [2.24, 2.45) is 0 Å². The van der Waals surface area contributed by atoms with Crippen molar-refractivity contribution in [1.29, 1.82) is 0 Å². The Kier molecular flexibility index (Phi) is 7.11. The molecule has 1 aromatic heterocycles. The Balaban J connectivity index is 1.44. The van der Waals surface area contributed by atoms with Crippen molar-refractivity contribution in [1.82, 2.24) is 19.9 Å². The molecule has 2 heterocycles. The highest BCUT2D eigenvalue weighted by Crippen LogP contribution is 2.34. The lowest BCUT2D eigenvalue weighted by Gasteiger charge is -2.22. The van der Waals surface area contributed by atoms with Crippen LogP contribution < -0.4 is 5.32 Å². The van der Waals surface area contributed by atoms with Gasteiger partial charge in [0.2, 0.25) is 5.91 Å². The van der Waals surface area contributed by atoms with E-state index in [1.54, 1.807) is 17.0 Å². The quantitative estimate of drug-likeness (QED) is 0.345. The average molecular weight is 564 g/mol. The van der Waals surface area contributed by atoms with Gasteiger partial charge < -0.3 is 15.0 Å². The number of carbonyl (C=O) groups excluding carboxylic acids is 2. The Hall–Kier alpha value is -3.89. The van der Waals surface area contributed by atoms with E-state index in [2.05, 4.69) is 26.3 Å². The van der Waals surface area contributed by atoms with Crippen LogP contribution in [0, 0.1) is 5.82 Å². The first-order valence-electron chi connectivity index (χ1n) is 11.6. The third-order valence-electron chi connectivity index (χ3n) is 5.93. The maximum absolute atomic E-state index is 13.6. The lowest BCUT2D eigenvalue weighted by Crippen LogP contribution is -2.31. The maximum atomic E-state index is 13.6. The molecule has 0 unspecified atom stereocenters. The molecule has 10 heteroatoms. The zero-order valence-electron chi connectivity index (χ0n) is 19.9. The second kappa shape index (κ2) is 10.6. The molecular formula is C27H23BrFN5O3. The van der Waals surface area contributed by atoms with Crippen LogP contribution in [-0.2, 0) is 20.7 Å². The summed E-state index contributed by atoms with van der Waals surface area (Å²) in [6.07, 6.45) is -0.158. The van der Waals surface area contributed by atoms with Crippen molar-refractivity contribution in [3.05, 3.63) is 94.3 Å². The summed E-state index contributed by atoms with van der Waals surface area (Å²) in [5, 5.41) is 12.1. The molecule has 5 rings (SSSR count). The number of rotatable bonds is 7. The van der Waals surface area contributed by atoms with Gasteiger partial charge in [-0.1, -0.05) is 28.1 Å². The summed E-state index contributed by atoms with van der Waals surface area (Å²) >= 11 is 3.43. The van der Waals surface area contributed by atoms with Crippen LogP contribution in [0.25, 0.3) is 16.9 Å². The first-order valence-corrected chi connectivity index (χ1v) is 12.4. The third kappa shape index (κ3) is 5.60. The largest absolute Gasteiger partial charge is 0.342 e. The van der Waals surface area contributed by atoms with Crippen LogP contribution in [0.15, 0.2) is 77.3 Å². The molecule has 3 aromatic carbocycles. The summed E-state index contributed by atoms with van der Waals surface area (Å²) in [5.74, 6) is -0.643. The van der Waals surface area contributed by atoms with Crippen LogP contribution >= 0.6 is 15.9 Å². The Morgan fingerprint density at radius 3 is 2.43 bits per heavy atom. The van der Waals surface area contributed by atoms with Crippen LogP contribution in [-0.4, -0.2) is 44.9 Å². The minimum atomic E-state index is -0.740. The standard InChI is InChI=1S/C27H23BrFN5O3/c1-17(35)30-22-10-2-18(3-11-22)14-15-33-24(36)16-37-27(33)26-25(19-4-8-21(29)9-5-19)31-34(32-26)23-12-6-20(28)7-13-23/h2-13,27H,14-16H2,1H3,(H,30,35)/t27-/m1/s1. The fourth-order valence-electron chi connectivity index (χ4n) is 4.12. The normalized spacial score (nSPS) is 15.3. The van der Waals surface area contributed by atoms with Crippen LogP contribution in [0.4, 0.5) is 10.1 Å². The first kappa shape index (κ1) is 24.8. The van der Waals surface area contributed by atoms with Gasteiger partial charge in [-0.3, -0.25) is 9.59 Å². The second-order valence-corrected chi connectivity index (χ2v) is 9.50. The van der Waals surface area contributed by atoms with Crippen LogP contribution in [0.3, 0.4) is 0 Å². The number of benzene rings is 3. The second-order valence-electron chi connectivity index (χ2n) is 8.59. The molecule has 37 heavy (non-hydrogen) atoms. The molecule has 0 saturated carbocycles. The van der Waals surface area contributed by atoms with E-state index in [9.17, 15) is 14.0 Å². The molecule has 1 atom stereocenters. The number of aromatic nitrogens is 3. The number of ether oxygens (including phenoxy) is 1. The fraction of sp³-hybridized carbons (Fsp3) is 0.185. The third-order valence-corrected chi connectivity index (χ3v) is 6.46. The summed E-state index contributed by atoms with van der Waals surface area (Å²) in [5.41, 5.74) is 4.09. The van der Waals surface area contributed by atoms with E-state index in [1.165, 1.54) is 23.9 Å². The molecule has 1 fully saturated rings. The van der Waals surface area contributed by atoms with E-state index in [1.807, 2.05) is 48.5 Å². The first-order chi connectivity index (χ1) is 17.9. The predicted molar refractivity (Wildman–Crippen MR) is 139 cm³/mol. The van der Waals surface area contributed by atoms with Gasteiger partial charge in [-0.15, -0.1) is 10.2 Å². The van der Waals surface area contributed by atoms with Crippen LogP contribution in [0.1, 0.15) is 24.4 Å². The van der Waals surface area contributed by atoms with E-state index >= 15 is 0 Å². The van der Waals surface area contributed by atoms with Gasteiger partial charge in [-0.05, 0) is 72.6 Å². The number of carbonyl (C=O) groups is 2. The molecule has 8 nitrogen and oxygen atoms in total. The minimum absolute atomic E-state index is 0.0693. The van der Waals surface area contributed by atoms with E-state index in [-0.39, 0.29) is 24.2 Å². The van der Waals surface area contributed by atoms with Crippen molar-refractivity contribution in [3.63, 3.8) is 0 Å². The van der Waals surface area contributed by atoms with Crippen LogP contribution in [0.2, 0.25) is 0 Å². The number of hydrogen-bond acceptors (Lipinski definition) is 5. The molecule has 188 valence electrons. The predicted octanol–water partition coefficient (Wildman–Crippen LogP) is 4.89. The number of amides is 2. The lowest BCUT2D eigenvalue weighted by atomic mass is 10.1. The summed E-state index contributed by atoms with van der Waals surface area (Å²) in [6.45, 7) is 1.79. The zero-order valence-corrected chi connectivity index (χ0v) is 21.5. The number of nitrogens with zero attached hydrogens (tertiary/aromatic N) is 4. The van der Waals surface area contributed by atoms with E-state index in [0.717, 1.165) is 15.7 Å². The molecule has 0 radical (unpaired) electrons. The van der Waals surface area contributed by atoms with Crippen molar-refractivity contribution < 1.29 is 18.7 Å². The summed E-state index contributed by atoms with van der Waals surface area (Å²) in [4.78, 5) is 27.2. The van der Waals surface area contributed by atoms with Crippen molar-refractivity contribution in [2.75, 3.05) is 18.5 Å². The maximum Gasteiger partial charge on any atom is 0.251 e. The van der Waals surface area contributed by atoms with Gasteiger partial charge in [0.15, 0.2) is 6.23 Å². The number of nitrogens with one attached hydrogen (secondary N) is 1. The zero-order chi connectivity index (χ0) is 25.9. The van der Waals surface area contributed by atoms with Gasteiger partial charge in [-0.2, -0.15) is 4.80 Å². The monoisotopic (exact) mass is 563 g/mol. The van der Waals surface area contributed by atoms with Crippen LogP contribution in [0.5, 0.6) is 0 Å². The van der Waals surface area contributed by atoms with Crippen molar-refractivity contribution >= 4 is 33.4 Å². The van der Waals surface area contributed by atoms with E-state index in [4.69, 9.17) is 9.84 Å². The fourth-order valence-corrected chi connectivity index (χ4v) is 4.38. The number of anilines is 1. The number of halogens is 2. The molecule has 0 aliphatic carbocycles. The summed E-state index contributed by atoms with van der Waals surface area (Å²) in [6, 6.07) is 21.0. The summed E-state index contributed by atoms with van der Waals surface area (Å²) < 4.78 is 20.5. The van der Waals surface area contributed by atoms with Crippen molar-refractivity contribution in [2.45, 2.75) is 19.6 Å². The Labute approximate surface area is 221 Å². The SMILES string of the molecule is CC(=O)Nc1ccc(CCN2C(=O)CO[C@@H]2c2nn(-c3ccc(Br)cc3)nc2-c2ccc(F)cc2)cc1. The van der Waals surface area contributed by atoms with E-state index in [0.29, 0.717) is 35.6 Å². The van der Waals surface area contributed by atoms with Gasteiger partial charge >= 0.3 is 0 Å². The molecule has 0 spiro atoms. The molecule has 4 aromatic rings. The average Bonchev–Trinajstić information content (AvgIpc) is 3.48. The van der Waals surface area contributed by atoms with Crippen molar-refractivity contribution in [3.8, 4) is 16.9 Å². The highest BCUT2D eigenvalue weighted by atomic mass is 79.9. The molecule has 1 aliphatic rings. The topological polar surface area (TPSA) is 89.4 Å². The van der Waals surface area contributed by atoms with Gasteiger partial charge in [0.1, 0.15) is 23.8 Å². The highest BCUT2D eigenvalue weighted by Gasteiger charge is 2.37. The van der Waals surface area contributed by atoms with Gasteiger partial charge in [0.25, 0.3) is 5.91 Å².